The first kappa shape index (κ1) is 89.8. The third kappa shape index (κ3) is 22.2. The Kier molecular flexibility index (Phi) is 35.5. The van der Waals surface area contributed by atoms with E-state index in [9.17, 15) is 28.4 Å². The van der Waals surface area contributed by atoms with E-state index >= 15 is 0 Å². The molecule has 2 saturated carbocycles. The number of rotatable bonds is 11. The van der Waals surface area contributed by atoms with Crippen LogP contribution in [0.4, 0.5) is 4.39 Å². The summed E-state index contributed by atoms with van der Waals surface area (Å²) in [6, 6.07) is 24.2. The lowest BCUT2D eigenvalue weighted by molar-refractivity contribution is -0.130. The number of hydrogen-bond acceptors (Lipinski definition) is 13. The highest BCUT2D eigenvalue weighted by Crippen LogP contribution is 2.50. The van der Waals surface area contributed by atoms with E-state index in [0.717, 1.165) is 189 Å². The minimum atomic E-state index is -1.00. The fraction of sp³-hybridized carbons (Fsp3) is 0.511. The molecule has 109 heavy (non-hydrogen) atoms. The highest BCUT2D eigenvalue weighted by molar-refractivity contribution is 9.11. The van der Waals surface area contributed by atoms with Crippen LogP contribution in [0.1, 0.15) is 241 Å². The number of nitrogens with one attached hydrogen (secondary N) is 1. The number of hydrogen-bond donors (Lipinski definition) is 2. The number of halogens is 8. The molecule has 0 radical (unpaired) electrons. The maximum atomic E-state index is 12.9. The number of benzene rings is 6. The molecule has 2 fully saturated rings. The lowest BCUT2D eigenvalue weighted by atomic mass is 9.61. The Morgan fingerprint density at radius 1 is 0.514 bits per heavy atom. The molecule has 13 nitrogen and oxygen atoms in total. The van der Waals surface area contributed by atoms with Crippen molar-refractivity contribution in [2.45, 2.75) is 224 Å². The molecular weight excluding hydrogens is 1800 g/mol. The number of methoxy groups -OCH3 is 6. The Labute approximate surface area is 703 Å². The molecule has 594 valence electrons. The van der Waals surface area contributed by atoms with Gasteiger partial charge >= 0.3 is 0 Å². The third-order valence-electron chi connectivity index (χ3n) is 23.2. The Morgan fingerprint density at radius 2 is 0.954 bits per heavy atom. The molecular formula is C88H109Br6ClFNO12. The molecule has 6 unspecified atom stereocenters. The van der Waals surface area contributed by atoms with E-state index in [4.69, 9.17) is 35.0 Å². The standard InChI is InChI=1S/C18H24O2.C17H22Br2O2.C17H21BrO2.C12H13BrO2.C12H13BrO.C11H11BrO2.CH3F.ClH2NO/c1-12-9-14(20-3)11-16-15(12)10-13-7-5-4-6-8-18(16,2)17(13)19;1-17(8-4-3-5-9-18)14-10-12(21-2)11-15(19)13(14)6-7-16(17)20;1-17-7-5-3-4-6-11(16(17)19)8-13-14(17)9-12(20-2)10-15(13)18;1-7-10-5-8(15-2)6-11(13)9(10)3-4-12(7)14;1-8-4-3-5-10-11(8)6-9(14-2)7-12(10)13;1-14-7-5-9-8(10(12)6-7)3-2-4-11(9)13;1-2;1-2-3/h9,11,13H,4-8,10H2,1-3H3;10-11H,3-9H2,1-2H3;9-11H,3-8H2,1-2H3;5-7H,3-4H2,1-2H3;4,6-7H,3,5H2,1-2H3;5-6H,2-4H2,1H3;1H3;2-3H/i;;;;;;1D;. The number of Topliss-reactive ketones (excluding diaryl/α,β-unsaturated/α-hetero) is 5. The van der Waals surface area contributed by atoms with Crippen LogP contribution in [0, 0.1) is 18.8 Å². The number of carbonyl (C=O) groups is 5. The largest absolute Gasteiger partial charge is 0.497 e. The number of alkyl halides is 2. The minimum absolute atomic E-state index is 0.000139. The minimum Gasteiger partial charge on any atom is -0.497 e. The number of ketones is 5. The van der Waals surface area contributed by atoms with E-state index in [1.165, 1.54) is 97.2 Å². The summed E-state index contributed by atoms with van der Waals surface area (Å²) in [5.74, 6) is 7.29. The Morgan fingerprint density at radius 3 is 1.49 bits per heavy atom. The fourth-order valence-corrected chi connectivity index (χ4v) is 20.4. The molecule has 0 spiro atoms. The summed E-state index contributed by atoms with van der Waals surface area (Å²) < 4.78 is 52.6. The van der Waals surface area contributed by atoms with Crippen molar-refractivity contribution in [1.29, 1.82) is 0 Å². The van der Waals surface area contributed by atoms with Crippen molar-refractivity contribution in [1.82, 2.24) is 5.00 Å². The van der Waals surface area contributed by atoms with Crippen LogP contribution in [-0.4, -0.2) is 89.3 Å². The molecule has 14 rings (SSSR count). The van der Waals surface area contributed by atoms with Crippen LogP contribution in [0.5, 0.6) is 34.5 Å². The zero-order valence-corrected chi connectivity index (χ0v) is 75.6. The predicted octanol–water partition coefficient (Wildman–Crippen LogP) is 24.1. The summed E-state index contributed by atoms with van der Waals surface area (Å²) in [6.07, 6.45) is 27.5. The van der Waals surface area contributed by atoms with Gasteiger partial charge in [-0.15, -0.1) is 5.00 Å². The van der Waals surface area contributed by atoms with Gasteiger partial charge in [0.2, 0.25) is 0 Å². The van der Waals surface area contributed by atoms with Crippen molar-refractivity contribution in [2.24, 2.45) is 11.8 Å². The van der Waals surface area contributed by atoms with Crippen LogP contribution in [0.2, 0.25) is 0 Å². The monoisotopic (exact) mass is 1900 g/mol. The summed E-state index contributed by atoms with van der Waals surface area (Å²) in [5.41, 5.74) is 16.3. The zero-order chi connectivity index (χ0) is 80.8. The van der Waals surface area contributed by atoms with Crippen LogP contribution >= 0.6 is 107 Å². The second-order valence-corrected chi connectivity index (χ2v) is 35.0. The SMILES string of the molecule is COc1cc(Br)c2c(c1)C(=O)CCC2.COc1cc(Br)c2c(c1)C(C)(CCCCCBr)C(=O)CC2.COc1cc(Br)c2c(c1)C(C)=CCC2.COc1cc(Br)c2c(c1)C(C)C(=O)CC2.COc1cc(Br)c2c(c1)C1(C)CCCCCC(C2)C1=O.COc1cc(C)c2c(c1)C1(C)CCCCCC(C2)C1=O.ONCl.[2H]CF. The predicted molar refractivity (Wildman–Crippen MR) is 458 cm³/mol. The normalized spacial score (nSPS) is 21.8. The molecule has 21 heteroatoms. The first-order chi connectivity index (χ1) is 52.5. The first-order valence-corrected chi connectivity index (χ1v) is 43.3. The summed E-state index contributed by atoms with van der Waals surface area (Å²) in [4.78, 5) is 62.9. The van der Waals surface area contributed by atoms with Gasteiger partial charge in [-0.2, -0.15) is 0 Å². The smallest absolute Gasteiger partial charge is 0.163 e. The average Bonchev–Trinajstić information content (AvgIpc) is 0.747. The molecule has 6 aromatic carbocycles. The Bertz CT molecular complexity index is 4140. The topological polar surface area (TPSA) is 173 Å². The highest BCUT2D eigenvalue weighted by atomic mass is 79.9. The number of unbranched alkanes of at least 4 members (excludes halogenated alkanes) is 2. The molecule has 8 aliphatic rings. The number of ether oxygens (including phenoxy) is 6. The van der Waals surface area contributed by atoms with Crippen LogP contribution < -0.4 is 33.4 Å². The van der Waals surface area contributed by atoms with Crippen LogP contribution in [0.3, 0.4) is 0 Å². The Balaban J connectivity index is 0.000000182. The maximum Gasteiger partial charge on any atom is 0.163 e. The number of carbonyl (C=O) groups excluding carboxylic acids is 5. The molecule has 0 amide bonds. The second kappa shape index (κ2) is 43.1. The average molecular weight is 1910 g/mol. The number of fused-ring (bicyclic) bond motifs is 12. The summed E-state index contributed by atoms with van der Waals surface area (Å²) in [7, 11) is 9.02. The van der Waals surface area contributed by atoms with Crippen molar-refractivity contribution >= 4 is 142 Å². The molecule has 8 aliphatic carbocycles. The fourth-order valence-electron chi connectivity index (χ4n) is 16.9. The van der Waals surface area contributed by atoms with Gasteiger partial charge in [0.1, 0.15) is 57.6 Å². The summed E-state index contributed by atoms with van der Waals surface area (Å²) in [5, 5.41) is 8.12. The zero-order valence-electron chi connectivity index (χ0n) is 66.3. The number of allylic oxidation sites excluding steroid dienone is 2. The lowest BCUT2D eigenvalue weighted by Gasteiger charge is -2.41. The van der Waals surface area contributed by atoms with E-state index in [2.05, 4.69) is 178 Å². The maximum absolute atomic E-state index is 12.9. The van der Waals surface area contributed by atoms with Crippen molar-refractivity contribution in [3.05, 3.63) is 174 Å². The quantitative estimate of drug-likeness (QED) is 0.0544. The second-order valence-electron chi connectivity index (χ2n) is 29.8. The van der Waals surface area contributed by atoms with Gasteiger partial charge in [-0.3, -0.25) is 28.4 Å². The lowest BCUT2D eigenvalue weighted by Crippen LogP contribution is -2.44. The van der Waals surface area contributed by atoms with E-state index < -0.39 is 7.15 Å². The van der Waals surface area contributed by atoms with Crippen molar-refractivity contribution < 1.29 is 63.4 Å². The molecule has 2 N–H and O–H groups in total. The number of aryl methyl sites for hydroxylation is 1. The molecule has 0 aromatic heterocycles. The van der Waals surface area contributed by atoms with Crippen LogP contribution in [0.25, 0.3) is 5.57 Å². The van der Waals surface area contributed by atoms with Gasteiger partial charge in [-0.05, 0) is 270 Å². The molecule has 4 bridgehead atoms. The molecule has 0 aliphatic heterocycles. The summed E-state index contributed by atoms with van der Waals surface area (Å²) in [6.45, 7) is 12.7. The van der Waals surface area contributed by atoms with E-state index in [-0.39, 0.29) is 39.8 Å². The highest BCUT2D eigenvalue weighted by Gasteiger charge is 2.47. The third-order valence-corrected chi connectivity index (χ3v) is 27.3. The van der Waals surface area contributed by atoms with Crippen molar-refractivity contribution in [3.63, 3.8) is 0 Å². The van der Waals surface area contributed by atoms with E-state index in [0.29, 0.717) is 42.4 Å². The molecule has 6 atom stereocenters. The van der Waals surface area contributed by atoms with Crippen LogP contribution in [0.15, 0.2) is 101 Å². The molecule has 6 aromatic rings. The van der Waals surface area contributed by atoms with Gasteiger partial charge in [0.05, 0.1) is 67.4 Å². The molecule has 0 heterocycles. The summed E-state index contributed by atoms with van der Waals surface area (Å²) >= 11 is 25.7. The van der Waals surface area contributed by atoms with Crippen molar-refractivity contribution in [2.75, 3.05) is 55.1 Å². The van der Waals surface area contributed by atoms with Gasteiger partial charge in [0.25, 0.3) is 0 Å². The van der Waals surface area contributed by atoms with Crippen molar-refractivity contribution in [3.8, 4) is 34.5 Å². The van der Waals surface area contributed by atoms with Gasteiger partial charge in [-0.1, -0.05) is 160 Å². The van der Waals surface area contributed by atoms with Gasteiger partial charge in [0, 0.05) is 82.0 Å². The van der Waals surface area contributed by atoms with Crippen LogP contribution in [-0.2, 0) is 73.9 Å². The van der Waals surface area contributed by atoms with Gasteiger partial charge in [-0.25, -0.2) is 0 Å². The van der Waals surface area contributed by atoms with E-state index in [1.54, 1.807) is 42.7 Å². The first-order valence-electron chi connectivity index (χ1n) is 38.5. The van der Waals surface area contributed by atoms with E-state index in [1.807, 2.05) is 49.4 Å². The molecule has 0 saturated heterocycles. The Hall–Kier alpha value is -4.77. The van der Waals surface area contributed by atoms with Gasteiger partial charge in [0.15, 0.2) is 5.78 Å². The van der Waals surface area contributed by atoms with Gasteiger partial charge < -0.3 is 33.6 Å².